The second-order valence-electron chi connectivity index (χ2n) is 3.06. The van der Waals surface area contributed by atoms with Gasteiger partial charge in [-0.15, -0.1) is 0 Å². The minimum absolute atomic E-state index is 0.467. The summed E-state index contributed by atoms with van der Waals surface area (Å²) in [5.74, 6) is 0. The molecule has 2 aromatic carbocycles. The van der Waals surface area contributed by atoms with Crippen LogP contribution in [0.5, 0.6) is 0 Å². The molecule has 0 amide bonds. The highest BCUT2D eigenvalue weighted by molar-refractivity contribution is 5.66. The Morgan fingerprint density at radius 1 is 1.00 bits per heavy atom. The van der Waals surface area contributed by atoms with Crippen molar-refractivity contribution in [2.45, 2.75) is 6.67 Å². The molecule has 0 aliphatic heterocycles. The average Bonchev–Trinajstić information content (AvgIpc) is 2.30. The molecule has 0 nitrogen and oxygen atoms in total. The van der Waals surface area contributed by atoms with Gasteiger partial charge in [0.05, 0.1) is 0 Å². The number of halogens is 1. The van der Waals surface area contributed by atoms with Crippen LogP contribution in [0.15, 0.2) is 48.5 Å². The lowest BCUT2D eigenvalue weighted by atomic mass is 10.0. The SMILES string of the molecule is FCc1[c]cccc1-c1ccccc1. The van der Waals surface area contributed by atoms with Crippen molar-refractivity contribution in [3.63, 3.8) is 0 Å². The van der Waals surface area contributed by atoms with Gasteiger partial charge in [0.2, 0.25) is 0 Å². The maximum absolute atomic E-state index is 12.6. The summed E-state index contributed by atoms with van der Waals surface area (Å²) in [6.45, 7) is -0.467. The van der Waals surface area contributed by atoms with Crippen LogP contribution in [0, 0.1) is 6.07 Å². The van der Waals surface area contributed by atoms with Gasteiger partial charge in [-0.25, -0.2) is 4.39 Å². The fourth-order valence-corrected chi connectivity index (χ4v) is 1.47. The molecule has 0 bridgehead atoms. The van der Waals surface area contributed by atoms with Crippen LogP contribution in [0.25, 0.3) is 11.1 Å². The van der Waals surface area contributed by atoms with Crippen molar-refractivity contribution >= 4 is 0 Å². The van der Waals surface area contributed by atoms with E-state index in [1.807, 2.05) is 42.5 Å². The predicted molar refractivity (Wildman–Crippen MR) is 55.5 cm³/mol. The van der Waals surface area contributed by atoms with Crippen LogP contribution in [0.2, 0.25) is 0 Å². The number of hydrogen-bond acceptors (Lipinski definition) is 0. The van der Waals surface area contributed by atoms with Gasteiger partial charge in [-0.05, 0) is 22.8 Å². The number of hydrogen-bond donors (Lipinski definition) is 0. The van der Waals surface area contributed by atoms with Gasteiger partial charge in [0.15, 0.2) is 0 Å². The molecule has 0 saturated carbocycles. The molecular weight excluding hydrogens is 175 g/mol. The minimum atomic E-state index is -0.467. The van der Waals surface area contributed by atoms with Crippen molar-refractivity contribution in [3.05, 3.63) is 60.2 Å². The van der Waals surface area contributed by atoms with Gasteiger partial charge < -0.3 is 0 Å². The Labute approximate surface area is 83.0 Å². The topological polar surface area (TPSA) is 0 Å². The van der Waals surface area contributed by atoms with E-state index in [0.717, 1.165) is 11.1 Å². The fourth-order valence-electron chi connectivity index (χ4n) is 1.47. The molecule has 0 N–H and O–H groups in total. The quantitative estimate of drug-likeness (QED) is 0.670. The fraction of sp³-hybridized carbons (Fsp3) is 0.0769. The largest absolute Gasteiger partial charge is 0.246 e. The van der Waals surface area contributed by atoms with E-state index in [0.29, 0.717) is 5.56 Å². The van der Waals surface area contributed by atoms with E-state index < -0.39 is 6.67 Å². The second kappa shape index (κ2) is 4.05. The predicted octanol–water partition coefficient (Wildman–Crippen LogP) is 3.62. The lowest BCUT2D eigenvalue weighted by Gasteiger charge is -2.05. The molecule has 0 unspecified atom stereocenters. The minimum Gasteiger partial charge on any atom is -0.246 e. The molecular formula is C13H10F. The van der Waals surface area contributed by atoms with Crippen LogP contribution in [0.3, 0.4) is 0 Å². The Balaban J connectivity index is 2.51. The normalized spacial score (nSPS) is 10.1. The number of alkyl halides is 1. The van der Waals surface area contributed by atoms with E-state index in [1.54, 1.807) is 6.07 Å². The van der Waals surface area contributed by atoms with Crippen molar-refractivity contribution in [1.29, 1.82) is 0 Å². The third-order valence-electron chi connectivity index (χ3n) is 2.16. The zero-order valence-electron chi connectivity index (χ0n) is 7.70. The monoisotopic (exact) mass is 185 g/mol. The van der Waals surface area contributed by atoms with Crippen LogP contribution in [-0.4, -0.2) is 0 Å². The van der Waals surface area contributed by atoms with Crippen molar-refractivity contribution in [3.8, 4) is 11.1 Å². The van der Waals surface area contributed by atoms with Gasteiger partial charge in [-0.1, -0.05) is 48.5 Å². The zero-order chi connectivity index (χ0) is 9.80. The Morgan fingerprint density at radius 3 is 2.50 bits per heavy atom. The summed E-state index contributed by atoms with van der Waals surface area (Å²) in [6, 6.07) is 18.2. The molecule has 1 radical (unpaired) electrons. The van der Waals surface area contributed by atoms with Gasteiger partial charge in [-0.2, -0.15) is 0 Å². The van der Waals surface area contributed by atoms with Gasteiger partial charge in [-0.3, -0.25) is 0 Å². The number of rotatable bonds is 2. The summed E-state index contributed by atoms with van der Waals surface area (Å²) in [7, 11) is 0. The smallest absolute Gasteiger partial charge is 0.116 e. The highest BCUT2D eigenvalue weighted by Gasteiger charge is 2.02. The first-order valence-corrected chi connectivity index (χ1v) is 4.53. The van der Waals surface area contributed by atoms with Crippen LogP contribution in [0.1, 0.15) is 5.56 Å². The Kier molecular flexibility index (Phi) is 2.59. The molecule has 0 spiro atoms. The molecule has 0 atom stereocenters. The molecule has 0 heterocycles. The third kappa shape index (κ3) is 1.67. The first kappa shape index (κ1) is 8.95. The highest BCUT2D eigenvalue weighted by atomic mass is 19.1. The van der Waals surface area contributed by atoms with E-state index in [1.165, 1.54) is 0 Å². The first-order valence-electron chi connectivity index (χ1n) is 4.53. The molecule has 2 rings (SSSR count). The summed E-state index contributed by atoms with van der Waals surface area (Å²) in [5, 5.41) is 0. The maximum Gasteiger partial charge on any atom is 0.116 e. The lowest BCUT2D eigenvalue weighted by molar-refractivity contribution is 0.485. The summed E-state index contributed by atoms with van der Waals surface area (Å²) in [6.07, 6.45) is 0. The van der Waals surface area contributed by atoms with Crippen LogP contribution in [-0.2, 0) is 6.67 Å². The van der Waals surface area contributed by atoms with Crippen molar-refractivity contribution in [2.24, 2.45) is 0 Å². The van der Waals surface area contributed by atoms with Gasteiger partial charge in [0.25, 0.3) is 0 Å². The zero-order valence-corrected chi connectivity index (χ0v) is 7.70. The highest BCUT2D eigenvalue weighted by Crippen LogP contribution is 2.23. The van der Waals surface area contributed by atoms with Crippen LogP contribution >= 0.6 is 0 Å². The summed E-state index contributed by atoms with van der Waals surface area (Å²) in [5.41, 5.74) is 2.59. The third-order valence-corrected chi connectivity index (χ3v) is 2.16. The molecule has 0 aliphatic carbocycles. The average molecular weight is 185 g/mol. The summed E-state index contributed by atoms with van der Waals surface area (Å²) in [4.78, 5) is 0. The standard InChI is InChI=1S/C13H10F/c14-10-12-8-4-5-9-13(12)11-6-2-1-3-7-11/h1-7,9H,10H2. The Hall–Kier alpha value is -1.63. The lowest BCUT2D eigenvalue weighted by Crippen LogP contribution is -1.85. The summed E-state index contributed by atoms with van der Waals surface area (Å²) < 4.78 is 12.6. The van der Waals surface area contributed by atoms with E-state index in [9.17, 15) is 4.39 Å². The Bertz CT molecular complexity index is 407. The molecule has 0 saturated heterocycles. The van der Waals surface area contributed by atoms with Gasteiger partial charge >= 0.3 is 0 Å². The van der Waals surface area contributed by atoms with E-state index >= 15 is 0 Å². The molecule has 0 fully saturated rings. The molecule has 0 aromatic heterocycles. The molecule has 0 aliphatic rings. The van der Waals surface area contributed by atoms with Crippen molar-refractivity contribution in [2.75, 3.05) is 0 Å². The molecule has 2 aromatic rings. The molecule has 69 valence electrons. The number of benzene rings is 2. The van der Waals surface area contributed by atoms with Crippen molar-refractivity contribution < 1.29 is 4.39 Å². The van der Waals surface area contributed by atoms with E-state index in [2.05, 4.69) is 6.07 Å². The maximum atomic E-state index is 12.6. The van der Waals surface area contributed by atoms with Crippen LogP contribution in [0.4, 0.5) is 4.39 Å². The van der Waals surface area contributed by atoms with Crippen LogP contribution < -0.4 is 0 Å². The van der Waals surface area contributed by atoms with Crippen molar-refractivity contribution in [1.82, 2.24) is 0 Å². The molecule has 14 heavy (non-hydrogen) atoms. The second-order valence-corrected chi connectivity index (χ2v) is 3.06. The first-order chi connectivity index (χ1) is 6.92. The van der Waals surface area contributed by atoms with Gasteiger partial charge in [0, 0.05) is 0 Å². The van der Waals surface area contributed by atoms with E-state index in [-0.39, 0.29) is 0 Å². The Morgan fingerprint density at radius 2 is 1.79 bits per heavy atom. The van der Waals surface area contributed by atoms with Gasteiger partial charge in [0.1, 0.15) is 6.67 Å². The van der Waals surface area contributed by atoms with E-state index in [4.69, 9.17) is 0 Å². The molecule has 1 heteroatoms. The summed E-state index contributed by atoms with van der Waals surface area (Å²) >= 11 is 0.